The van der Waals surface area contributed by atoms with E-state index >= 15 is 0 Å². The van der Waals surface area contributed by atoms with Crippen molar-refractivity contribution in [2.45, 2.75) is 51.4 Å². The normalized spacial score (nSPS) is 14.4. The molecular weight excluding hydrogens is 340 g/mol. The molecule has 1 radical (unpaired) electrons. The van der Waals surface area contributed by atoms with E-state index in [-0.39, 0.29) is 17.5 Å². The summed E-state index contributed by atoms with van der Waals surface area (Å²) in [5, 5.41) is 7.41. The molecule has 0 aromatic carbocycles. The van der Waals surface area contributed by atoms with Gasteiger partial charge in [0.1, 0.15) is 5.69 Å². The molecule has 1 fully saturated rings. The zero-order valence-corrected chi connectivity index (χ0v) is 15.1. The van der Waals surface area contributed by atoms with Crippen LogP contribution in [0.4, 0.5) is 5.13 Å². The second-order valence-electron chi connectivity index (χ2n) is 6.30. The van der Waals surface area contributed by atoms with E-state index in [1.807, 2.05) is 0 Å². The first kappa shape index (κ1) is 19.4. The summed E-state index contributed by atoms with van der Waals surface area (Å²) >= 11 is 1.16. The van der Waals surface area contributed by atoms with Gasteiger partial charge in [-0.25, -0.2) is 4.98 Å². The molecule has 3 amide bonds. The van der Waals surface area contributed by atoms with Gasteiger partial charge in [-0.1, -0.05) is 19.3 Å². The highest BCUT2D eigenvalue weighted by Crippen LogP contribution is 2.27. The van der Waals surface area contributed by atoms with Gasteiger partial charge in [0, 0.05) is 24.8 Å². The number of primary amides is 1. The molecular formula is C17H25N4O3S. The Hall–Kier alpha value is -1.96. The van der Waals surface area contributed by atoms with Gasteiger partial charge in [0.25, 0.3) is 5.91 Å². The molecule has 25 heavy (non-hydrogen) atoms. The molecule has 8 heteroatoms. The summed E-state index contributed by atoms with van der Waals surface area (Å²) < 4.78 is 0. The average molecular weight is 365 g/mol. The fourth-order valence-corrected chi connectivity index (χ4v) is 3.58. The first-order chi connectivity index (χ1) is 12.0. The number of anilines is 1. The van der Waals surface area contributed by atoms with Crippen LogP contribution in [0.25, 0.3) is 0 Å². The first-order valence-corrected chi connectivity index (χ1v) is 9.59. The van der Waals surface area contributed by atoms with Gasteiger partial charge in [-0.2, -0.15) is 0 Å². The summed E-state index contributed by atoms with van der Waals surface area (Å²) in [4.78, 5) is 38.4. The van der Waals surface area contributed by atoms with Crippen molar-refractivity contribution >= 4 is 34.2 Å². The van der Waals surface area contributed by atoms with Gasteiger partial charge in [0.15, 0.2) is 5.13 Å². The van der Waals surface area contributed by atoms with Crippen LogP contribution in [-0.2, 0) is 9.59 Å². The maximum atomic E-state index is 11.8. The highest BCUT2D eigenvalue weighted by atomic mass is 32.1. The van der Waals surface area contributed by atoms with Crippen LogP contribution in [0, 0.1) is 12.3 Å². The van der Waals surface area contributed by atoms with Gasteiger partial charge in [-0.15, -0.1) is 11.3 Å². The van der Waals surface area contributed by atoms with Crippen molar-refractivity contribution in [2.24, 2.45) is 11.7 Å². The lowest BCUT2D eigenvalue weighted by Crippen LogP contribution is -2.26. The van der Waals surface area contributed by atoms with Crippen molar-refractivity contribution in [1.29, 1.82) is 0 Å². The fraction of sp³-hybridized carbons (Fsp3) is 0.588. The maximum Gasteiger partial charge on any atom is 0.268 e. The number of hydrogen-bond acceptors (Lipinski definition) is 5. The Morgan fingerprint density at radius 2 is 2.04 bits per heavy atom. The largest absolute Gasteiger partial charge is 0.364 e. The Labute approximate surface area is 151 Å². The number of hydrogen-bond donors (Lipinski definition) is 3. The average Bonchev–Trinajstić information content (AvgIpc) is 3.22. The van der Waals surface area contributed by atoms with Crippen LogP contribution in [0.2, 0.25) is 0 Å². The molecule has 137 valence electrons. The third kappa shape index (κ3) is 7.21. The van der Waals surface area contributed by atoms with E-state index in [2.05, 4.69) is 15.6 Å². The van der Waals surface area contributed by atoms with E-state index in [1.54, 1.807) is 6.42 Å². The molecule has 2 rings (SSSR count). The zero-order chi connectivity index (χ0) is 18.1. The molecule has 0 saturated heterocycles. The molecule has 1 aliphatic carbocycles. The van der Waals surface area contributed by atoms with E-state index in [0.29, 0.717) is 30.4 Å². The summed E-state index contributed by atoms with van der Waals surface area (Å²) in [5.41, 5.74) is 5.25. The molecule has 0 atom stereocenters. The third-order valence-electron chi connectivity index (χ3n) is 4.22. The van der Waals surface area contributed by atoms with Gasteiger partial charge in [0.2, 0.25) is 11.8 Å². The van der Waals surface area contributed by atoms with Crippen molar-refractivity contribution in [3.8, 4) is 0 Å². The number of nitrogens with zero attached hydrogens (tertiary/aromatic N) is 1. The summed E-state index contributed by atoms with van der Waals surface area (Å²) in [6.45, 7) is 0.648. The smallest absolute Gasteiger partial charge is 0.268 e. The van der Waals surface area contributed by atoms with Crippen LogP contribution < -0.4 is 16.4 Å². The number of nitrogens with one attached hydrogen (secondary N) is 2. The maximum absolute atomic E-state index is 11.8. The standard InChI is InChI=1S/C17H25N4O3S/c18-16(24)13-11-25-17(20-13)21-14(22)8-2-1-5-9-19-15(23)10-12-6-3-4-7-12/h8,11-12H,1-7,9-10H2,(H2,18,24)(H,19,23)(H,20,21,22). The number of rotatable bonds is 10. The second kappa shape index (κ2) is 10.1. The highest BCUT2D eigenvalue weighted by Gasteiger charge is 2.17. The predicted octanol–water partition coefficient (Wildman–Crippen LogP) is 2.25. The number of aromatic nitrogens is 1. The molecule has 7 nitrogen and oxygen atoms in total. The highest BCUT2D eigenvalue weighted by molar-refractivity contribution is 7.14. The van der Waals surface area contributed by atoms with Crippen LogP contribution in [0.15, 0.2) is 5.38 Å². The fourth-order valence-electron chi connectivity index (χ4n) is 2.88. The summed E-state index contributed by atoms with van der Waals surface area (Å²) in [6.07, 6.45) is 9.33. The Morgan fingerprint density at radius 1 is 1.28 bits per heavy atom. The Balaban J connectivity index is 1.49. The molecule has 1 aliphatic rings. The molecule has 1 aromatic heterocycles. The van der Waals surface area contributed by atoms with Gasteiger partial charge in [-0.05, 0) is 31.6 Å². The number of carbonyl (C=O) groups excluding carboxylic acids is 3. The molecule has 1 aromatic rings. The number of carbonyl (C=O) groups is 3. The lowest BCUT2D eigenvalue weighted by Gasteiger charge is -2.09. The van der Waals surface area contributed by atoms with E-state index in [1.165, 1.54) is 31.1 Å². The monoisotopic (exact) mass is 365 g/mol. The van der Waals surface area contributed by atoms with Crippen LogP contribution in [-0.4, -0.2) is 29.3 Å². The Kier molecular flexibility index (Phi) is 7.84. The van der Waals surface area contributed by atoms with Gasteiger partial charge in [-0.3, -0.25) is 14.4 Å². The molecule has 1 heterocycles. The number of unbranched alkanes of at least 4 members (excludes halogenated alkanes) is 2. The topological polar surface area (TPSA) is 114 Å². The summed E-state index contributed by atoms with van der Waals surface area (Å²) in [5.74, 6) is -0.160. The summed E-state index contributed by atoms with van der Waals surface area (Å²) in [6, 6.07) is 0. The SMILES string of the molecule is NC(=O)c1csc(NC(=O)[CH]CCCCNC(=O)CC2CCCC2)n1. The van der Waals surface area contributed by atoms with E-state index in [9.17, 15) is 14.4 Å². The molecule has 0 spiro atoms. The summed E-state index contributed by atoms with van der Waals surface area (Å²) in [7, 11) is 0. The molecule has 1 saturated carbocycles. The third-order valence-corrected chi connectivity index (χ3v) is 4.98. The minimum atomic E-state index is -0.615. The Bertz CT molecular complexity index is 596. The van der Waals surface area contributed by atoms with Crippen molar-refractivity contribution in [1.82, 2.24) is 10.3 Å². The van der Waals surface area contributed by atoms with Crippen molar-refractivity contribution in [2.75, 3.05) is 11.9 Å². The molecule has 4 N–H and O–H groups in total. The van der Waals surface area contributed by atoms with E-state index in [0.717, 1.165) is 24.2 Å². The lowest BCUT2D eigenvalue weighted by atomic mass is 10.0. The van der Waals surface area contributed by atoms with Crippen LogP contribution in [0.1, 0.15) is 61.9 Å². The molecule has 0 unspecified atom stereocenters. The van der Waals surface area contributed by atoms with Crippen molar-refractivity contribution < 1.29 is 14.4 Å². The van der Waals surface area contributed by atoms with Crippen LogP contribution >= 0.6 is 11.3 Å². The van der Waals surface area contributed by atoms with Gasteiger partial charge in [0.05, 0.1) is 0 Å². The first-order valence-electron chi connectivity index (χ1n) is 8.71. The quantitative estimate of drug-likeness (QED) is 0.552. The van der Waals surface area contributed by atoms with Crippen LogP contribution in [0.5, 0.6) is 0 Å². The number of amides is 3. The van der Waals surface area contributed by atoms with Gasteiger partial charge >= 0.3 is 0 Å². The number of nitrogens with two attached hydrogens (primary N) is 1. The Morgan fingerprint density at radius 3 is 2.72 bits per heavy atom. The minimum Gasteiger partial charge on any atom is -0.364 e. The van der Waals surface area contributed by atoms with Gasteiger partial charge < -0.3 is 16.4 Å². The van der Waals surface area contributed by atoms with E-state index in [4.69, 9.17) is 5.73 Å². The predicted molar refractivity (Wildman–Crippen MR) is 97.0 cm³/mol. The van der Waals surface area contributed by atoms with Crippen molar-refractivity contribution in [3.63, 3.8) is 0 Å². The lowest BCUT2D eigenvalue weighted by molar-refractivity contribution is -0.122. The second-order valence-corrected chi connectivity index (χ2v) is 7.15. The zero-order valence-electron chi connectivity index (χ0n) is 14.3. The van der Waals surface area contributed by atoms with Crippen LogP contribution in [0.3, 0.4) is 0 Å². The van der Waals surface area contributed by atoms with Crippen molar-refractivity contribution in [3.05, 3.63) is 17.5 Å². The molecule has 0 aliphatic heterocycles. The molecule has 0 bridgehead atoms. The minimum absolute atomic E-state index is 0.141. The number of thiazole rings is 1. The van der Waals surface area contributed by atoms with E-state index < -0.39 is 5.91 Å².